The number of nitrogens with zero attached hydrogens (tertiary/aromatic N) is 2. The second-order valence-electron chi connectivity index (χ2n) is 17.0. The van der Waals surface area contributed by atoms with Crippen molar-refractivity contribution in [1.82, 2.24) is 31.1 Å². The molecule has 0 bridgehead atoms. The van der Waals surface area contributed by atoms with Crippen LogP contribution in [0.25, 0.3) is 10.8 Å². The summed E-state index contributed by atoms with van der Waals surface area (Å²) in [5, 5.41) is 13.6. The highest BCUT2D eigenvalue weighted by molar-refractivity contribution is 6.12. The third kappa shape index (κ3) is 12.8. The van der Waals surface area contributed by atoms with Gasteiger partial charge in [0.25, 0.3) is 11.8 Å². The predicted molar refractivity (Wildman–Crippen MR) is 218 cm³/mol. The van der Waals surface area contributed by atoms with Crippen LogP contribution >= 0.6 is 0 Å². The van der Waals surface area contributed by atoms with E-state index in [1.54, 1.807) is 40.9 Å². The van der Waals surface area contributed by atoms with Crippen LogP contribution in [0, 0.1) is 5.41 Å². The van der Waals surface area contributed by atoms with Crippen LogP contribution in [0.2, 0.25) is 0 Å². The first-order chi connectivity index (χ1) is 26.5. The Morgan fingerprint density at radius 1 is 0.860 bits per heavy atom. The molecule has 0 saturated heterocycles. The summed E-state index contributed by atoms with van der Waals surface area (Å²) < 4.78 is 5.51. The lowest BCUT2D eigenvalue weighted by atomic mass is 9.76. The number of amides is 6. The zero-order valence-electron chi connectivity index (χ0n) is 35.2. The average Bonchev–Trinajstić information content (AvgIpc) is 3.45. The van der Waals surface area contributed by atoms with Crippen molar-refractivity contribution in [3.8, 4) is 0 Å². The summed E-state index contributed by atoms with van der Waals surface area (Å²) in [5.74, 6) is -3.38. The molecule has 14 heteroatoms. The van der Waals surface area contributed by atoms with Crippen LogP contribution in [0.15, 0.2) is 66.3 Å². The molecule has 0 radical (unpaired) electrons. The van der Waals surface area contributed by atoms with Crippen LogP contribution in [-0.4, -0.2) is 109 Å². The van der Waals surface area contributed by atoms with Gasteiger partial charge >= 0.3 is 5.97 Å². The highest BCUT2D eigenvalue weighted by Crippen LogP contribution is 2.31. The van der Waals surface area contributed by atoms with Gasteiger partial charge in [-0.3, -0.25) is 33.7 Å². The normalized spacial score (nSPS) is 15.2. The standard InChI is InChI=1S/C43H60N6O8/c1-27(37(53)46-31(40(56)57-42(5,6)7)18-19-32(50)45-23-25-49-33(51)20-21-34(49)52)22-24-48(11)39(55)36(41(2,3)4)47-38(54)35(44-10)43(8,9)30-17-16-28-14-12-13-15-29(28)26-30/h12-17,20-22,26,31,35-36,44H,18-19,23-25H2,1-11H3,(H,45,50)(H,46,53)(H,47,54)/b27-22+/t31-,35-,36?/m1/s1. The first-order valence-corrected chi connectivity index (χ1v) is 19.2. The number of benzene rings is 2. The van der Waals surface area contributed by atoms with E-state index in [1.165, 1.54) is 11.8 Å². The number of nitrogens with one attached hydrogen (secondary N) is 4. The average molecular weight is 789 g/mol. The molecule has 0 aromatic heterocycles. The molecule has 1 aliphatic rings. The molecule has 310 valence electrons. The number of ether oxygens (including phenoxy) is 1. The van der Waals surface area contributed by atoms with E-state index in [0.717, 1.165) is 33.4 Å². The number of carbonyl (C=O) groups is 7. The highest BCUT2D eigenvalue weighted by atomic mass is 16.6. The monoisotopic (exact) mass is 788 g/mol. The summed E-state index contributed by atoms with van der Waals surface area (Å²) in [7, 11) is 3.30. The van der Waals surface area contributed by atoms with Crippen molar-refractivity contribution in [1.29, 1.82) is 0 Å². The number of imide groups is 1. The van der Waals surface area contributed by atoms with E-state index in [1.807, 2.05) is 71.0 Å². The summed E-state index contributed by atoms with van der Waals surface area (Å²) in [6.07, 6.45) is 3.62. The Morgan fingerprint density at radius 2 is 1.47 bits per heavy atom. The van der Waals surface area contributed by atoms with Crippen molar-refractivity contribution in [2.45, 2.75) is 104 Å². The first kappa shape index (κ1) is 46.0. The largest absolute Gasteiger partial charge is 0.458 e. The molecule has 1 unspecified atom stereocenters. The van der Waals surface area contributed by atoms with E-state index in [0.29, 0.717) is 0 Å². The van der Waals surface area contributed by atoms with Gasteiger partial charge in [0.15, 0.2) is 0 Å². The van der Waals surface area contributed by atoms with Crippen molar-refractivity contribution in [3.63, 3.8) is 0 Å². The lowest BCUT2D eigenvalue weighted by Crippen LogP contribution is -2.60. The van der Waals surface area contributed by atoms with Gasteiger partial charge < -0.3 is 30.9 Å². The minimum atomic E-state index is -1.17. The number of likely N-dealkylation sites (N-methyl/N-ethyl adjacent to an activating group) is 2. The van der Waals surface area contributed by atoms with Gasteiger partial charge in [0, 0.05) is 56.2 Å². The summed E-state index contributed by atoms with van der Waals surface area (Å²) in [5.41, 5.74) is -1.01. The number of esters is 1. The molecule has 1 aliphatic heterocycles. The van der Waals surface area contributed by atoms with Crippen molar-refractivity contribution in [2.75, 3.05) is 33.7 Å². The zero-order chi connectivity index (χ0) is 42.9. The fourth-order valence-corrected chi connectivity index (χ4v) is 6.34. The van der Waals surface area contributed by atoms with Gasteiger partial charge in [-0.15, -0.1) is 0 Å². The van der Waals surface area contributed by atoms with Crippen LogP contribution < -0.4 is 21.3 Å². The van der Waals surface area contributed by atoms with E-state index < -0.39 is 64.2 Å². The summed E-state index contributed by atoms with van der Waals surface area (Å²) >= 11 is 0. The van der Waals surface area contributed by atoms with Crippen molar-refractivity contribution < 1.29 is 38.3 Å². The maximum Gasteiger partial charge on any atom is 0.329 e. The Balaban J connectivity index is 1.66. The molecular weight excluding hydrogens is 729 g/mol. The molecule has 3 atom stereocenters. The Morgan fingerprint density at radius 3 is 2.05 bits per heavy atom. The number of carbonyl (C=O) groups excluding carboxylic acids is 7. The minimum absolute atomic E-state index is 0.00678. The fraction of sp³-hybridized carbons (Fsp3) is 0.512. The maximum atomic E-state index is 14.0. The molecule has 1 heterocycles. The molecule has 6 amide bonds. The third-order valence-corrected chi connectivity index (χ3v) is 9.79. The Labute approximate surface area is 336 Å². The maximum absolute atomic E-state index is 14.0. The van der Waals surface area contributed by atoms with Crippen LogP contribution in [0.4, 0.5) is 0 Å². The fourth-order valence-electron chi connectivity index (χ4n) is 6.34. The van der Waals surface area contributed by atoms with E-state index in [4.69, 9.17) is 4.74 Å². The molecule has 3 rings (SSSR count). The molecule has 57 heavy (non-hydrogen) atoms. The lowest BCUT2D eigenvalue weighted by Gasteiger charge is -2.38. The third-order valence-electron chi connectivity index (χ3n) is 9.79. The van der Waals surface area contributed by atoms with E-state index >= 15 is 0 Å². The predicted octanol–water partition coefficient (Wildman–Crippen LogP) is 3.29. The second-order valence-corrected chi connectivity index (χ2v) is 17.0. The van der Waals surface area contributed by atoms with Gasteiger partial charge in [-0.1, -0.05) is 83.2 Å². The van der Waals surface area contributed by atoms with Crippen molar-refractivity contribution in [3.05, 3.63) is 71.8 Å². The van der Waals surface area contributed by atoms with Crippen molar-refractivity contribution in [2.24, 2.45) is 5.41 Å². The lowest BCUT2D eigenvalue weighted by molar-refractivity contribution is -0.158. The van der Waals surface area contributed by atoms with Crippen LogP contribution in [0.1, 0.15) is 80.7 Å². The molecule has 0 saturated carbocycles. The Bertz CT molecular complexity index is 1890. The second kappa shape index (κ2) is 19.2. The van der Waals surface area contributed by atoms with E-state index in [2.05, 4.69) is 27.3 Å². The molecule has 4 N–H and O–H groups in total. The topological polar surface area (TPSA) is 183 Å². The quantitative estimate of drug-likeness (QED) is 0.106. The highest BCUT2D eigenvalue weighted by Gasteiger charge is 2.41. The molecule has 2 aromatic rings. The Hall–Kier alpha value is -5.37. The number of hydrogen-bond acceptors (Lipinski definition) is 9. The minimum Gasteiger partial charge on any atom is -0.458 e. The molecular formula is C43H60N6O8. The van der Waals surface area contributed by atoms with E-state index in [9.17, 15) is 33.6 Å². The Kier molecular flexibility index (Phi) is 15.5. The smallest absolute Gasteiger partial charge is 0.329 e. The summed E-state index contributed by atoms with van der Waals surface area (Å²) in [4.78, 5) is 92.9. The number of rotatable bonds is 17. The van der Waals surface area contributed by atoms with Gasteiger partial charge in [0.1, 0.15) is 17.7 Å². The molecule has 2 aromatic carbocycles. The van der Waals surface area contributed by atoms with Gasteiger partial charge in [-0.2, -0.15) is 0 Å². The van der Waals surface area contributed by atoms with Gasteiger partial charge in [-0.25, -0.2) is 4.79 Å². The zero-order valence-corrected chi connectivity index (χ0v) is 35.2. The van der Waals surface area contributed by atoms with Gasteiger partial charge in [-0.05, 0) is 62.9 Å². The van der Waals surface area contributed by atoms with Crippen molar-refractivity contribution >= 4 is 52.2 Å². The van der Waals surface area contributed by atoms with Crippen LogP contribution in [0.3, 0.4) is 0 Å². The number of hydrogen-bond donors (Lipinski definition) is 4. The molecule has 0 aliphatic carbocycles. The number of fused-ring (bicyclic) bond motifs is 1. The van der Waals surface area contributed by atoms with Crippen LogP contribution in [-0.2, 0) is 43.7 Å². The SMILES string of the molecule is CN[C@H](C(=O)NC(C(=O)N(C)C/C=C(\C)C(=O)N[C@H](CCC(=O)NCCN1C(=O)C=CC1=O)C(=O)OC(C)(C)C)C(C)(C)C)C(C)(C)c1ccc2ccccc2c1. The first-order valence-electron chi connectivity index (χ1n) is 19.2. The summed E-state index contributed by atoms with van der Waals surface area (Å²) in [6, 6.07) is 11.4. The van der Waals surface area contributed by atoms with E-state index in [-0.39, 0.29) is 49.9 Å². The van der Waals surface area contributed by atoms with Crippen LogP contribution in [0.5, 0.6) is 0 Å². The summed E-state index contributed by atoms with van der Waals surface area (Å²) in [6.45, 7) is 16.2. The molecule has 0 spiro atoms. The molecule has 0 fully saturated rings. The van der Waals surface area contributed by atoms with Gasteiger partial charge in [0.05, 0.1) is 6.04 Å². The molecule has 14 nitrogen and oxygen atoms in total. The van der Waals surface area contributed by atoms with Gasteiger partial charge in [0.2, 0.25) is 23.6 Å².